The number of carbonyl (C=O) groups excluding carboxylic acids is 2. The standard InChI is InChI=1S/C11H22N4O2/c1-11(2,7-9(12)16)14-10(17)8-15-5-3-13-4-6-15/h13H,3-8H2,1-2H3,(H2,12,16)(H,14,17). The average molecular weight is 242 g/mol. The van der Waals surface area contributed by atoms with Crippen LogP contribution in [0.5, 0.6) is 0 Å². The van der Waals surface area contributed by atoms with Crippen molar-refractivity contribution in [2.45, 2.75) is 25.8 Å². The Morgan fingerprint density at radius 3 is 2.47 bits per heavy atom. The van der Waals surface area contributed by atoms with E-state index in [4.69, 9.17) is 5.73 Å². The number of nitrogens with one attached hydrogen (secondary N) is 2. The predicted molar refractivity (Wildman–Crippen MR) is 65.3 cm³/mol. The molecule has 0 radical (unpaired) electrons. The summed E-state index contributed by atoms with van der Waals surface area (Å²) in [4.78, 5) is 24.7. The van der Waals surface area contributed by atoms with Gasteiger partial charge in [-0.3, -0.25) is 14.5 Å². The summed E-state index contributed by atoms with van der Waals surface area (Å²) < 4.78 is 0. The van der Waals surface area contributed by atoms with Gasteiger partial charge in [-0.2, -0.15) is 0 Å². The van der Waals surface area contributed by atoms with Crippen LogP contribution in [0.15, 0.2) is 0 Å². The normalized spacial score (nSPS) is 17.8. The Hall–Kier alpha value is -1.14. The smallest absolute Gasteiger partial charge is 0.234 e. The molecule has 0 aliphatic carbocycles. The van der Waals surface area contributed by atoms with Crippen LogP contribution in [0.4, 0.5) is 0 Å². The zero-order chi connectivity index (χ0) is 12.9. The minimum absolute atomic E-state index is 0.0573. The van der Waals surface area contributed by atoms with Crippen LogP contribution < -0.4 is 16.4 Å². The van der Waals surface area contributed by atoms with Gasteiger partial charge in [0.05, 0.1) is 6.54 Å². The third-order valence-corrected chi connectivity index (χ3v) is 2.67. The summed E-state index contributed by atoms with van der Waals surface area (Å²) in [7, 11) is 0. The Balaban J connectivity index is 2.34. The van der Waals surface area contributed by atoms with Crippen molar-refractivity contribution in [1.82, 2.24) is 15.5 Å². The zero-order valence-electron chi connectivity index (χ0n) is 10.6. The number of hydrogen-bond acceptors (Lipinski definition) is 4. The molecule has 1 saturated heterocycles. The maximum Gasteiger partial charge on any atom is 0.234 e. The van der Waals surface area contributed by atoms with Gasteiger partial charge in [0, 0.05) is 38.1 Å². The summed E-state index contributed by atoms with van der Waals surface area (Å²) in [5.74, 6) is -0.462. The van der Waals surface area contributed by atoms with Crippen LogP contribution in [-0.2, 0) is 9.59 Å². The van der Waals surface area contributed by atoms with Crippen LogP contribution >= 0.6 is 0 Å². The first kappa shape index (κ1) is 13.9. The van der Waals surface area contributed by atoms with Crippen molar-refractivity contribution in [3.63, 3.8) is 0 Å². The molecular weight excluding hydrogens is 220 g/mol. The van der Waals surface area contributed by atoms with Gasteiger partial charge in [0.15, 0.2) is 0 Å². The van der Waals surface area contributed by atoms with Gasteiger partial charge in [0.1, 0.15) is 0 Å². The number of piperazine rings is 1. The van der Waals surface area contributed by atoms with Crippen molar-refractivity contribution in [2.24, 2.45) is 5.73 Å². The molecule has 0 aromatic rings. The van der Waals surface area contributed by atoms with Gasteiger partial charge in [-0.1, -0.05) is 0 Å². The molecule has 6 nitrogen and oxygen atoms in total. The van der Waals surface area contributed by atoms with Crippen molar-refractivity contribution >= 4 is 11.8 Å². The first-order valence-electron chi connectivity index (χ1n) is 5.91. The van der Waals surface area contributed by atoms with Crippen LogP contribution in [0.1, 0.15) is 20.3 Å². The molecule has 1 rings (SSSR count). The Kier molecular flexibility index (Phi) is 4.89. The van der Waals surface area contributed by atoms with Crippen LogP contribution in [-0.4, -0.2) is 55.0 Å². The van der Waals surface area contributed by atoms with Gasteiger partial charge in [-0.15, -0.1) is 0 Å². The minimum atomic E-state index is -0.572. The van der Waals surface area contributed by atoms with Gasteiger partial charge in [-0.05, 0) is 13.8 Å². The van der Waals surface area contributed by atoms with E-state index in [9.17, 15) is 9.59 Å². The number of nitrogens with zero attached hydrogens (tertiary/aromatic N) is 1. The summed E-state index contributed by atoms with van der Waals surface area (Å²) in [6.45, 7) is 7.56. The van der Waals surface area contributed by atoms with E-state index in [1.807, 2.05) is 0 Å². The van der Waals surface area contributed by atoms with Crippen molar-refractivity contribution in [3.8, 4) is 0 Å². The maximum atomic E-state index is 11.8. The van der Waals surface area contributed by atoms with E-state index in [2.05, 4.69) is 15.5 Å². The third-order valence-electron chi connectivity index (χ3n) is 2.67. The summed E-state index contributed by atoms with van der Waals surface area (Å²) in [5.41, 5.74) is 4.56. The van der Waals surface area contributed by atoms with E-state index in [1.54, 1.807) is 13.8 Å². The first-order valence-corrected chi connectivity index (χ1v) is 5.91. The minimum Gasteiger partial charge on any atom is -0.370 e. The molecule has 1 aliphatic heterocycles. The molecule has 1 heterocycles. The molecule has 1 fully saturated rings. The molecule has 0 bridgehead atoms. The second-order valence-corrected chi connectivity index (χ2v) is 5.10. The number of primary amides is 1. The van der Waals surface area contributed by atoms with Gasteiger partial charge in [0.25, 0.3) is 0 Å². The number of rotatable bonds is 5. The Bertz CT molecular complexity index is 285. The topological polar surface area (TPSA) is 87.5 Å². The summed E-state index contributed by atoms with van der Waals surface area (Å²) in [6.07, 6.45) is 0.153. The molecule has 4 N–H and O–H groups in total. The largest absolute Gasteiger partial charge is 0.370 e. The second-order valence-electron chi connectivity index (χ2n) is 5.10. The molecule has 98 valence electrons. The van der Waals surface area contributed by atoms with Crippen LogP contribution in [0.2, 0.25) is 0 Å². The van der Waals surface area contributed by atoms with Crippen molar-refractivity contribution < 1.29 is 9.59 Å². The lowest BCUT2D eigenvalue weighted by Crippen LogP contribution is -2.52. The van der Waals surface area contributed by atoms with Crippen molar-refractivity contribution in [2.75, 3.05) is 32.7 Å². The maximum absolute atomic E-state index is 11.8. The lowest BCUT2D eigenvalue weighted by Gasteiger charge is -2.29. The molecule has 6 heteroatoms. The van der Waals surface area contributed by atoms with E-state index < -0.39 is 11.4 Å². The summed E-state index contributed by atoms with van der Waals surface area (Å²) >= 11 is 0. The Morgan fingerprint density at radius 1 is 1.35 bits per heavy atom. The monoisotopic (exact) mass is 242 g/mol. The van der Waals surface area contributed by atoms with E-state index in [-0.39, 0.29) is 12.3 Å². The van der Waals surface area contributed by atoms with Crippen LogP contribution in [0, 0.1) is 0 Å². The Labute approximate surface area is 102 Å². The highest BCUT2D eigenvalue weighted by Gasteiger charge is 2.24. The molecule has 0 aromatic heterocycles. The van der Waals surface area contributed by atoms with Crippen molar-refractivity contribution in [1.29, 1.82) is 0 Å². The Morgan fingerprint density at radius 2 is 1.94 bits per heavy atom. The highest BCUT2D eigenvalue weighted by Crippen LogP contribution is 2.07. The van der Waals surface area contributed by atoms with Gasteiger partial charge in [0.2, 0.25) is 11.8 Å². The molecule has 0 unspecified atom stereocenters. The highest BCUT2D eigenvalue weighted by atomic mass is 16.2. The summed E-state index contributed by atoms with van der Waals surface area (Å²) in [5, 5.41) is 6.06. The SMILES string of the molecule is CC(C)(CC(N)=O)NC(=O)CN1CCNCC1. The molecule has 0 spiro atoms. The number of carbonyl (C=O) groups is 2. The lowest BCUT2D eigenvalue weighted by molar-refractivity contribution is -0.125. The van der Waals surface area contributed by atoms with E-state index >= 15 is 0 Å². The molecule has 17 heavy (non-hydrogen) atoms. The molecule has 1 aliphatic rings. The van der Waals surface area contributed by atoms with E-state index in [0.29, 0.717) is 6.54 Å². The number of hydrogen-bond donors (Lipinski definition) is 3. The molecular formula is C11H22N4O2. The van der Waals surface area contributed by atoms with Crippen molar-refractivity contribution in [3.05, 3.63) is 0 Å². The highest BCUT2D eigenvalue weighted by molar-refractivity contribution is 5.81. The molecule has 0 aromatic carbocycles. The third kappa shape index (κ3) is 5.65. The molecule has 0 atom stereocenters. The lowest BCUT2D eigenvalue weighted by atomic mass is 10.0. The van der Waals surface area contributed by atoms with Gasteiger partial charge < -0.3 is 16.4 Å². The molecule has 2 amide bonds. The zero-order valence-corrected chi connectivity index (χ0v) is 10.6. The van der Waals surface area contributed by atoms with E-state index in [1.165, 1.54) is 0 Å². The number of nitrogens with two attached hydrogens (primary N) is 1. The predicted octanol–water partition coefficient (Wildman–Crippen LogP) is -1.34. The average Bonchev–Trinajstić information content (AvgIpc) is 2.15. The van der Waals surface area contributed by atoms with Crippen LogP contribution in [0.3, 0.4) is 0 Å². The second kappa shape index (κ2) is 5.97. The van der Waals surface area contributed by atoms with Crippen LogP contribution in [0.25, 0.3) is 0 Å². The fourth-order valence-electron chi connectivity index (χ4n) is 1.97. The quantitative estimate of drug-likeness (QED) is 0.557. The van der Waals surface area contributed by atoms with Gasteiger partial charge >= 0.3 is 0 Å². The fourth-order valence-corrected chi connectivity index (χ4v) is 1.97. The summed E-state index contributed by atoms with van der Waals surface area (Å²) in [6, 6.07) is 0. The van der Waals surface area contributed by atoms with Gasteiger partial charge in [-0.25, -0.2) is 0 Å². The fraction of sp³-hybridized carbons (Fsp3) is 0.818. The first-order chi connectivity index (χ1) is 7.89. The molecule has 0 saturated carbocycles. The van der Waals surface area contributed by atoms with E-state index in [0.717, 1.165) is 26.2 Å². The number of amides is 2.